The van der Waals surface area contributed by atoms with Crippen LogP contribution in [0.15, 0.2) is 28.7 Å². The van der Waals surface area contributed by atoms with E-state index in [-0.39, 0.29) is 18.1 Å². The molecule has 1 atom stereocenters. The first-order chi connectivity index (χ1) is 7.97. The Balaban J connectivity index is 2.60. The Kier molecular flexibility index (Phi) is 5.59. The fraction of sp³-hybridized carbons (Fsp3) is 0.538. The molecule has 0 radical (unpaired) electrons. The van der Waals surface area contributed by atoms with Crippen molar-refractivity contribution in [1.82, 2.24) is 5.32 Å². The average Bonchev–Trinajstić information content (AvgIpc) is 2.28. The summed E-state index contributed by atoms with van der Waals surface area (Å²) in [5.74, 6) is 0. The molecule has 96 valence electrons. The molecule has 0 spiro atoms. The highest BCUT2D eigenvalue weighted by molar-refractivity contribution is 9.10. The molecule has 0 aliphatic carbocycles. The minimum absolute atomic E-state index is 0.0163. The Morgan fingerprint density at radius 1 is 1.41 bits per heavy atom. The van der Waals surface area contributed by atoms with E-state index in [0.717, 1.165) is 11.0 Å². The van der Waals surface area contributed by atoms with Gasteiger partial charge in [-0.05, 0) is 11.6 Å². The molecule has 4 heteroatoms. The third kappa shape index (κ3) is 4.39. The zero-order chi connectivity index (χ0) is 12.9. The van der Waals surface area contributed by atoms with Crippen molar-refractivity contribution in [2.45, 2.75) is 25.3 Å². The highest BCUT2D eigenvalue weighted by Gasteiger charge is 2.22. The largest absolute Gasteiger partial charge is 0.395 e. The van der Waals surface area contributed by atoms with Gasteiger partial charge in [0.15, 0.2) is 0 Å². The molecule has 0 aromatic heterocycles. The lowest BCUT2D eigenvalue weighted by Gasteiger charge is -2.27. The van der Waals surface area contributed by atoms with Gasteiger partial charge in [-0.25, -0.2) is 0 Å². The number of hydrogen-bond donors (Lipinski definition) is 3. The predicted molar refractivity (Wildman–Crippen MR) is 75.1 cm³/mol. The summed E-state index contributed by atoms with van der Waals surface area (Å²) in [5.41, 5.74) is 6.94. The summed E-state index contributed by atoms with van der Waals surface area (Å²) < 4.78 is 1.12. The van der Waals surface area contributed by atoms with Gasteiger partial charge in [-0.3, -0.25) is 0 Å². The van der Waals surface area contributed by atoms with Gasteiger partial charge < -0.3 is 16.2 Å². The van der Waals surface area contributed by atoms with Gasteiger partial charge in [-0.15, -0.1) is 0 Å². The minimum Gasteiger partial charge on any atom is -0.395 e. The van der Waals surface area contributed by atoms with Crippen LogP contribution in [0.2, 0.25) is 0 Å². The summed E-state index contributed by atoms with van der Waals surface area (Å²) in [6.45, 7) is 5.84. The van der Waals surface area contributed by atoms with Gasteiger partial charge in [0.1, 0.15) is 0 Å². The van der Waals surface area contributed by atoms with Gasteiger partial charge in [0.25, 0.3) is 0 Å². The van der Waals surface area contributed by atoms with E-state index in [1.807, 2.05) is 12.1 Å². The third-order valence-corrected chi connectivity index (χ3v) is 3.50. The number of benzene rings is 1. The lowest BCUT2D eigenvalue weighted by atomic mass is 9.84. The molecule has 1 aromatic carbocycles. The number of rotatable bonds is 6. The van der Waals surface area contributed by atoms with Crippen LogP contribution in [0.25, 0.3) is 0 Å². The van der Waals surface area contributed by atoms with Crippen LogP contribution in [0.5, 0.6) is 0 Å². The molecule has 0 saturated carbocycles. The maximum atomic E-state index is 8.85. The molecular formula is C13H21BrN2O. The van der Waals surface area contributed by atoms with Crippen LogP contribution in [0, 0.1) is 0 Å². The van der Waals surface area contributed by atoms with E-state index in [1.54, 1.807) is 0 Å². The Morgan fingerprint density at radius 2 is 2.06 bits per heavy atom. The standard InChI is InChI=1S/C13H21BrN2O/c1-13(2,9-16-7-10(15)8-17)11-5-3-4-6-12(11)14/h3-6,10,16-17H,7-9,15H2,1-2H3. The van der Waals surface area contributed by atoms with Crippen molar-refractivity contribution < 1.29 is 5.11 Å². The predicted octanol–water partition coefficient (Wildman–Crippen LogP) is 1.64. The smallest absolute Gasteiger partial charge is 0.0594 e. The monoisotopic (exact) mass is 300 g/mol. The molecule has 0 bridgehead atoms. The summed E-state index contributed by atoms with van der Waals surface area (Å²) in [7, 11) is 0. The van der Waals surface area contributed by atoms with Crippen LogP contribution in [-0.4, -0.2) is 30.8 Å². The first-order valence-electron chi connectivity index (χ1n) is 5.79. The van der Waals surface area contributed by atoms with Gasteiger partial charge in [-0.2, -0.15) is 0 Å². The van der Waals surface area contributed by atoms with Crippen LogP contribution in [0.3, 0.4) is 0 Å². The van der Waals surface area contributed by atoms with E-state index in [1.165, 1.54) is 5.56 Å². The molecular weight excluding hydrogens is 280 g/mol. The van der Waals surface area contributed by atoms with Crippen molar-refractivity contribution in [3.05, 3.63) is 34.3 Å². The minimum atomic E-state index is -0.190. The fourth-order valence-corrected chi connectivity index (χ4v) is 2.56. The van der Waals surface area contributed by atoms with Crippen molar-refractivity contribution in [1.29, 1.82) is 0 Å². The number of halogens is 1. The topological polar surface area (TPSA) is 58.3 Å². The molecule has 1 aromatic rings. The fourth-order valence-electron chi connectivity index (χ4n) is 1.74. The second-order valence-electron chi connectivity index (χ2n) is 4.94. The summed E-state index contributed by atoms with van der Waals surface area (Å²) in [4.78, 5) is 0. The molecule has 0 heterocycles. The Labute approximate surface area is 112 Å². The molecule has 0 aliphatic heterocycles. The molecule has 0 fully saturated rings. The Bertz CT molecular complexity index is 355. The van der Waals surface area contributed by atoms with E-state index < -0.39 is 0 Å². The van der Waals surface area contributed by atoms with Crippen LogP contribution in [0.1, 0.15) is 19.4 Å². The molecule has 4 N–H and O–H groups in total. The van der Waals surface area contributed by atoms with Gasteiger partial charge in [0, 0.05) is 29.0 Å². The summed E-state index contributed by atoms with van der Waals surface area (Å²) in [6.07, 6.45) is 0. The number of nitrogens with one attached hydrogen (secondary N) is 1. The Hall–Kier alpha value is -0.420. The molecule has 17 heavy (non-hydrogen) atoms. The lowest BCUT2D eigenvalue weighted by Crippen LogP contribution is -2.41. The summed E-state index contributed by atoms with van der Waals surface area (Å²) in [6, 6.07) is 8.04. The van der Waals surface area contributed by atoms with Crippen LogP contribution < -0.4 is 11.1 Å². The quantitative estimate of drug-likeness (QED) is 0.748. The number of aliphatic hydroxyl groups is 1. The molecule has 0 saturated heterocycles. The van der Waals surface area contributed by atoms with Crippen molar-refractivity contribution in [3.8, 4) is 0 Å². The van der Waals surface area contributed by atoms with Crippen LogP contribution in [0.4, 0.5) is 0 Å². The summed E-state index contributed by atoms with van der Waals surface area (Å²) >= 11 is 3.57. The van der Waals surface area contributed by atoms with Gasteiger partial charge in [-0.1, -0.05) is 48.0 Å². The summed E-state index contributed by atoms with van der Waals surface area (Å²) in [5, 5.41) is 12.1. The van der Waals surface area contributed by atoms with Crippen LogP contribution in [-0.2, 0) is 5.41 Å². The number of aliphatic hydroxyl groups excluding tert-OH is 1. The van der Waals surface area contributed by atoms with E-state index >= 15 is 0 Å². The van der Waals surface area contributed by atoms with Crippen molar-refractivity contribution >= 4 is 15.9 Å². The van der Waals surface area contributed by atoms with Gasteiger partial charge in [0.05, 0.1) is 6.61 Å². The Morgan fingerprint density at radius 3 is 2.65 bits per heavy atom. The van der Waals surface area contributed by atoms with Crippen molar-refractivity contribution in [3.63, 3.8) is 0 Å². The molecule has 1 unspecified atom stereocenters. The van der Waals surface area contributed by atoms with Crippen molar-refractivity contribution in [2.24, 2.45) is 5.73 Å². The zero-order valence-electron chi connectivity index (χ0n) is 10.4. The zero-order valence-corrected chi connectivity index (χ0v) is 12.0. The third-order valence-electron chi connectivity index (χ3n) is 2.81. The average molecular weight is 301 g/mol. The van der Waals surface area contributed by atoms with E-state index in [2.05, 4.69) is 47.2 Å². The number of nitrogens with two attached hydrogens (primary N) is 1. The maximum absolute atomic E-state index is 8.85. The molecule has 0 amide bonds. The van der Waals surface area contributed by atoms with E-state index in [4.69, 9.17) is 10.8 Å². The highest BCUT2D eigenvalue weighted by Crippen LogP contribution is 2.29. The first kappa shape index (κ1) is 14.6. The second-order valence-corrected chi connectivity index (χ2v) is 5.79. The van der Waals surface area contributed by atoms with Gasteiger partial charge in [0.2, 0.25) is 0 Å². The molecule has 1 rings (SSSR count). The maximum Gasteiger partial charge on any atom is 0.0594 e. The highest BCUT2D eigenvalue weighted by atomic mass is 79.9. The first-order valence-corrected chi connectivity index (χ1v) is 6.59. The normalized spacial score (nSPS) is 13.7. The molecule has 3 nitrogen and oxygen atoms in total. The van der Waals surface area contributed by atoms with Gasteiger partial charge >= 0.3 is 0 Å². The lowest BCUT2D eigenvalue weighted by molar-refractivity contribution is 0.260. The number of hydrogen-bond acceptors (Lipinski definition) is 3. The second kappa shape index (κ2) is 6.50. The van der Waals surface area contributed by atoms with Crippen molar-refractivity contribution in [2.75, 3.05) is 19.7 Å². The van der Waals surface area contributed by atoms with E-state index in [9.17, 15) is 0 Å². The molecule has 0 aliphatic rings. The van der Waals surface area contributed by atoms with Crippen LogP contribution >= 0.6 is 15.9 Å². The van der Waals surface area contributed by atoms with E-state index in [0.29, 0.717) is 6.54 Å². The SMILES string of the molecule is CC(C)(CNCC(N)CO)c1ccccc1Br.